The van der Waals surface area contributed by atoms with Gasteiger partial charge >= 0.3 is 0 Å². The van der Waals surface area contributed by atoms with Gasteiger partial charge in [-0.05, 0) is 50.4 Å². The van der Waals surface area contributed by atoms with Crippen LogP contribution in [0, 0.1) is 5.92 Å². The lowest BCUT2D eigenvalue weighted by Gasteiger charge is -2.31. The lowest BCUT2D eigenvalue weighted by atomic mass is 9.97. The van der Waals surface area contributed by atoms with Crippen LogP contribution in [0.5, 0.6) is 0 Å². The molecule has 2 fully saturated rings. The van der Waals surface area contributed by atoms with Gasteiger partial charge in [0.25, 0.3) is 0 Å². The van der Waals surface area contributed by atoms with E-state index in [4.69, 9.17) is 5.73 Å². The molecule has 17 heavy (non-hydrogen) atoms. The fraction of sp³-hybridized carbons (Fsp3) is 0.600. The van der Waals surface area contributed by atoms with Crippen LogP contribution in [0.2, 0.25) is 0 Å². The minimum absolute atomic E-state index is 0.778. The summed E-state index contributed by atoms with van der Waals surface area (Å²) in [6.07, 6.45) is 3.96. The van der Waals surface area contributed by atoms with E-state index in [1.54, 1.807) is 0 Å². The molecule has 2 aliphatic rings. The molecule has 3 rings (SSSR count). The van der Waals surface area contributed by atoms with E-state index < -0.39 is 0 Å². The van der Waals surface area contributed by atoms with Crippen molar-refractivity contribution < 1.29 is 0 Å². The predicted molar refractivity (Wildman–Crippen MR) is 70.9 cm³/mol. The smallest absolute Gasteiger partial charge is 0.0171 e. The molecule has 2 nitrogen and oxygen atoms in total. The average molecular weight is 230 g/mol. The Labute approximate surface area is 104 Å². The number of piperidine rings is 1. The van der Waals surface area contributed by atoms with Gasteiger partial charge in [-0.25, -0.2) is 0 Å². The molecule has 0 spiro atoms. The highest BCUT2D eigenvalue weighted by atomic mass is 15.2. The molecule has 0 amide bonds. The van der Waals surface area contributed by atoms with Crippen molar-refractivity contribution in [1.82, 2.24) is 4.90 Å². The van der Waals surface area contributed by atoms with Gasteiger partial charge in [-0.1, -0.05) is 30.3 Å². The lowest BCUT2D eigenvalue weighted by molar-refractivity contribution is 0.177. The van der Waals surface area contributed by atoms with Crippen LogP contribution in [-0.4, -0.2) is 30.6 Å². The summed E-state index contributed by atoms with van der Waals surface area (Å²) in [6.45, 7) is 3.40. The van der Waals surface area contributed by atoms with Crippen LogP contribution in [0.4, 0.5) is 0 Å². The zero-order valence-electron chi connectivity index (χ0n) is 10.4. The minimum atomic E-state index is 0.778. The van der Waals surface area contributed by atoms with Crippen molar-refractivity contribution in [2.75, 3.05) is 19.6 Å². The van der Waals surface area contributed by atoms with Gasteiger partial charge < -0.3 is 5.73 Å². The molecular weight excluding hydrogens is 208 g/mol. The van der Waals surface area contributed by atoms with Crippen molar-refractivity contribution in [2.24, 2.45) is 11.7 Å². The van der Waals surface area contributed by atoms with Gasteiger partial charge in [-0.15, -0.1) is 0 Å². The monoisotopic (exact) mass is 230 g/mol. The van der Waals surface area contributed by atoms with Crippen molar-refractivity contribution in [2.45, 2.75) is 31.2 Å². The summed E-state index contributed by atoms with van der Waals surface area (Å²) >= 11 is 0. The first-order chi connectivity index (χ1) is 8.38. The Hall–Kier alpha value is -0.860. The summed E-state index contributed by atoms with van der Waals surface area (Å²) < 4.78 is 0. The summed E-state index contributed by atoms with van der Waals surface area (Å²) in [7, 11) is 0. The highest BCUT2D eigenvalue weighted by Gasteiger charge is 2.43. The number of hydrogen-bond donors (Lipinski definition) is 1. The zero-order valence-corrected chi connectivity index (χ0v) is 10.4. The van der Waals surface area contributed by atoms with Gasteiger partial charge in [0, 0.05) is 12.0 Å². The third-order valence-electron chi connectivity index (χ3n) is 4.44. The number of nitrogens with zero attached hydrogens (tertiary/aromatic N) is 1. The van der Waals surface area contributed by atoms with Crippen molar-refractivity contribution in [1.29, 1.82) is 0 Å². The Morgan fingerprint density at radius 3 is 2.47 bits per heavy atom. The maximum atomic E-state index is 5.74. The van der Waals surface area contributed by atoms with E-state index in [-0.39, 0.29) is 0 Å². The van der Waals surface area contributed by atoms with Crippen LogP contribution in [0.25, 0.3) is 0 Å². The third-order valence-corrected chi connectivity index (χ3v) is 4.44. The molecule has 0 aromatic heterocycles. The second-order valence-electron chi connectivity index (χ2n) is 5.54. The molecule has 1 aromatic rings. The van der Waals surface area contributed by atoms with Gasteiger partial charge in [-0.3, -0.25) is 4.90 Å². The predicted octanol–water partition coefficient (Wildman–Crippen LogP) is 2.21. The van der Waals surface area contributed by atoms with Crippen LogP contribution in [0.15, 0.2) is 30.3 Å². The molecule has 1 saturated heterocycles. The molecule has 1 heterocycles. The number of likely N-dealkylation sites (tertiary alicyclic amines) is 1. The average Bonchev–Trinajstić information content (AvgIpc) is 3.20. The van der Waals surface area contributed by atoms with Crippen molar-refractivity contribution in [3.8, 4) is 0 Å². The number of benzene rings is 1. The fourth-order valence-electron chi connectivity index (χ4n) is 3.16. The van der Waals surface area contributed by atoms with Crippen LogP contribution in [0.1, 0.15) is 30.7 Å². The van der Waals surface area contributed by atoms with Crippen LogP contribution in [-0.2, 0) is 0 Å². The van der Waals surface area contributed by atoms with E-state index in [9.17, 15) is 0 Å². The first kappa shape index (κ1) is 11.2. The van der Waals surface area contributed by atoms with Gasteiger partial charge in [0.2, 0.25) is 0 Å². The molecule has 2 N–H and O–H groups in total. The van der Waals surface area contributed by atoms with Crippen molar-refractivity contribution in [3.05, 3.63) is 35.9 Å². The second kappa shape index (κ2) is 4.79. The van der Waals surface area contributed by atoms with Gasteiger partial charge in [-0.2, -0.15) is 0 Å². The van der Waals surface area contributed by atoms with Crippen LogP contribution >= 0.6 is 0 Å². The van der Waals surface area contributed by atoms with Crippen LogP contribution < -0.4 is 5.73 Å². The Bertz CT molecular complexity index is 354. The highest BCUT2D eigenvalue weighted by Crippen LogP contribution is 2.45. The molecule has 1 saturated carbocycles. The first-order valence-corrected chi connectivity index (χ1v) is 6.87. The SMILES string of the molecule is NCC1CCN([C@H]2C[C@@H]2c2ccccc2)CC1. The molecule has 2 heteroatoms. The van der Waals surface area contributed by atoms with E-state index in [0.717, 1.165) is 24.4 Å². The molecule has 0 bridgehead atoms. The standard InChI is InChI=1S/C15H22N2/c16-11-12-6-8-17(9-7-12)15-10-14(15)13-4-2-1-3-5-13/h1-5,12,14-15H,6-11,16H2/t14-,15+/m1/s1. The quantitative estimate of drug-likeness (QED) is 0.862. The molecule has 1 aliphatic carbocycles. The fourth-order valence-corrected chi connectivity index (χ4v) is 3.16. The Balaban J connectivity index is 1.56. The Morgan fingerprint density at radius 1 is 1.12 bits per heavy atom. The second-order valence-corrected chi connectivity index (χ2v) is 5.54. The summed E-state index contributed by atoms with van der Waals surface area (Å²) in [5, 5.41) is 0. The summed E-state index contributed by atoms with van der Waals surface area (Å²) in [4.78, 5) is 2.68. The number of nitrogens with two attached hydrogens (primary N) is 1. The number of rotatable bonds is 3. The Morgan fingerprint density at radius 2 is 1.82 bits per heavy atom. The van der Waals surface area contributed by atoms with Crippen molar-refractivity contribution in [3.63, 3.8) is 0 Å². The first-order valence-electron chi connectivity index (χ1n) is 6.87. The van der Waals surface area contributed by atoms with Gasteiger partial charge in [0.15, 0.2) is 0 Å². The largest absolute Gasteiger partial charge is 0.330 e. The summed E-state index contributed by atoms with van der Waals surface area (Å²) in [5.74, 6) is 1.57. The molecule has 1 aliphatic heterocycles. The molecular formula is C15H22N2. The van der Waals surface area contributed by atoms with Gasteiger partial charge in [0.05, 0.1) is 0 Å². The molecule has 2 atom stereocenters. The molecule has 0 unspecified atom stereocenters. The van der Waals surface area contributed by atoms with E-state index >= 15 is 0 Å². The van der Waals surface area contributed by atoms with E-state index in [1.165, 1.54) is 37.9 Å². The molecule has 1 aromatic carbocycles. The van der Waals surface area contributed by atoms with Gasteiger partial charge in [0.1, 0.15) is 0 Å². The normalized spacial score (nSPS) is 30.4. The van der Waals surface area contributed by atoms with Crippen molar-refractivity contribution >= 4 is 0 Å². The minimum Gasteiger partial charge on any atom is -0.330 e. The molecule has 0 radical (unpaired) electrons. The third kappa shape index (κ3) is 2.38. The maximum absolute atomic E-state index is 5.74. The Kier molecular flexibility index (Phi) is 3.17. The van der Waals surface area contributed by atoms with E-state index in [1.807, 2.05) is 0 Å². The maximum Gasteiger partial charge on any atom is 0.0171 e. The topological polar surface area (TPSA) is 29.3 Å². The highest BCUT2D eigenvalue weighted by molar-refractivity contribution is 5.27. The summed E-state index contributed by atoms with van der Waals surface area (Å²) in [5.41, 5.74) is 7.27. The van der Waals surface area contributed by atoms with E-state index in [0.29, 0.717) is 0 Å². The zero-order chi connectivity index (χ0) is 11.7. The lowest BCUT2D eigenvalue weighted by Crippen LogP contribution is -2.37. The molecule has 92 valence electrons. The van der Waals surface area contributed by atoms with E-state index in [2.05, 4.69) is 35.2 Å². The van der Waals surface area contributed by atoms with Crippen LogP contribution in [0.3, 0.4) is 0 Å². The number of hydrogen-bond acceptors (Lipinski definition) is 2. The summed E-state index contributed by atoms with van der Waals surface area (Å²) in [6, 6.07) is 11.8.